The molecule has 0 aliphatic carbocycles. The molecule has 2 rings (SSSR count). The predicted molar refractivity (Wildman–Crippen MR) is 85.8 cm³/mol. The monoisotopic (exact) mass is 395 g/mol. The van der Waals surface area contributed by atoms with Crippen molar-refractivity contribution < 1.29 is 9.90 Å². The number of hydrogen-bond acceptors (Lipinski definition) is 3. The summed E-state index contributed by atoms with van der Waals surface area (Å²) in [4.78, 5) is 12.6. The zero-order valence-electron chi connectivity index (χ0n) is 10.3. The van der Waals surface area contributed by atoms with Crippen LogP contribution in [0.3, 0.4) is 0 Å². The van der Waals surface area contributed by atoms with Gasteiger partial charge in [0.05, 0.1) is 12.0 Å². The fourth-order valence-corrected chi connectivity index (χ4v) is 2.95. The summed E-state index contributed by atoms with van der Waals surface area (Å²) in [6, 6.07) is 15.3. The summed E-state index contributed by atoms with van der Waals surface area (Å²) in [7, 11) is 0. The SMILES string of the molecule is N#Cc1cc(Sc2ccc(CC(=O)O)cc2)ccc1I. The zero-order chi connectivity index (χ0) is 14.5. The van der Waals surface area contributed by atoms with Gasteiger partial charge in [-0.15, -0.1) is 0 Å². The van der Waals surface area contributed by atoms with E-state index in [4.69, 9.17) is 10.4 Å². The van der Waals surface area contributed by atoms with Crippen LogP contribution in [0.1, 0.15) is 11.1 Å². The fourth-order valence-electron chi connectivity index (χ4n) is 1.64. The van der Waals surface area contributed by atoms with Crippen LogP contribution in [0.4, 0.5) is 0 Å². The van der Waals surface area contributed by atoms with Crippen molar-refractivity contribution in [1.29, 1.82) is 5.26 Å². The first-order chi connectivity index (χ1) is 9.58. The Hall–Kier alpha value is -1.52. The number of carboxylic acid groups (broad SMARTS) is 1. The van der Waals surface area contributed by atoms with E-state index in [0.29, 0.717) is 5.56 Å². The van der Waals surface area contributed by atoms with Crippen molar-refractivity contribution >= 4 is 40.3 Å². The molecule has 0 unspecified atom stereocenters. The average molecular weight is 395 g/mol. The van der Waals surface area contributed by atoms with Gasteiger partial charge in [-0.05, 0) is 58.5 Å². The summed E-state index contributed by atoms with van der Waals surface area (Å²) in [6.45, 7) is 0. The van der Waals surface area contributed by atoms with Crippen molar-refractivity contribution in [1.82, 2.24) is 0 Å². The van der Waals surface area contributed by atoms with Gasteiger partial charge in [0, 0.05) is 13.4 Å². The van der Waals surface area contributed by atoms with Gasteiger partial charge in [0.25, 0.3) is 0 Å². The molecule has 100 valence electrons. The molecular formula is C15H10INO2S. The number of hydrogen-bond donors (Lipinski definition) is 1. The third-order valence-corrected chi connectivity index (χ3v) is 4.51. The topological polar surface area (TPSA) is 61.1 Å². The van der Waals surface area contributed by atoms with E-state index in [1.54, 1.807) is 11.8 Å². The molecule has 0 atom stereocenters. The number of carbonyl (C=O) groups is 1. The summed E-state index contributed by atoms with van der Waals surface area (Å²) >= 11 is 3.69. The average Bonchev–Trinajstić information content (AvgIpc) is 2.42. The molecule has 2 aromatic rings. The number of aliphatic carboxylic acids is 1. The Labute approximate surface area is 134 Å². The van der Waals surface area contributed by atoms with Crippen molar-refractivity contribution in [3.63, 3.8) is 0 Å². The molecule has 0 aromatic heterocycles. The summed E-state index contributed by atoms with van der Waals surface area (Å²) in [5.41, 5.74) is 1.44. The third kappa shape index (κ3) is 3.99. The van der Waals surface area contributed by atoms with E-state index >= 15 is 0 Å². The number of carboxylic acids is 1. The second kappa shape index (κ2) is 6.77. The first-order valence-corrected chi connectivity index (χ1v) is 7.66. The molecular weight excluding hydrogens is 385 g/mol. The lowest BCUT2D eigenvalue weighted by atomic mass is 10.2. The smallest absolute Gasteiger partial charge is 0.307 e. The predicted octanol–water partition coefficient (Wildman–Crippen LogP) is 3.94. The van der Waals surface area contributed by atoms with Crippen molar-refractivity contribution in [3.05, 3.63) is 57.2 Å². The Morgan fingerprint density at radius 3 is 2.45 bits per heavy atom. The minimum absolute atomic E-state index is 0.0348. The molecule has 0 aliphatic rings. The van der Waals surface area contributed by atoms with Crippen molar-refractivity contribution in [2.24, 2.45) is 0 Å². The van der Waals surface area contributed by atoms with Crippen LogP contribution in [0.15, 0.2) is 52.3 Å². The summed E-state index contributed by atoms with van der Waals surface area (Å²) in [5.74, 6) is -0.832. The van der Waals surface area contributed by atoms with Crippen LogP contribution in [-0.2, 0) is 11.2 Å². The summed E-state index contributed by atoms with van der Waals surface area (Å²) in [6.07, 6.45) is 0.0348. The largest absolute Gasteiger partial charge is 0.481 e. The van der Waals surface area contributed by atoms with E-state index in [1.165, 1.54) is 0 Å². The lowest BCUT2D eigenvalue weighted by molar-refractivity contribution is -0.136. The molecule has 0 heterocycles. The zero-order valence-corrected chi connectivity index (χ0v) is 13.3. The normalized spacial score (nSPS) is 10.0. The second-order valence-electron chi connectivity index (χ2n) is 4.07. The van der Waals surface area contributed by atoms with Crippen molar-refractivity contribution in [3.8, 4) is 6.07 Å². The van der Waals surface area contributed by atoms with E-state index in [9.17, 15) is 4.79 Å². The maximum atomic E-state index is 10.6. The van der Waals surface area contributed by atoms with Crippen LogP contribution in [-0.4, -0.2) is 11.1 Å². The van der Waals surface area contributed by atoms with Crippen LogP contribution < -0.4 is 0 Å². The van der Waals surface area contributed by atoms with Crippen LogP contribution in [0.2, 0.25) is 0 Å². The maximum Gasteiger partial charge on any atom is 0.307 e. The van der Waals surface area contributed by atoms with Gasteiger partial charge < -0.3 is 5.11 Å². The molecule has 0 saturated heterocycles. The van der Waals surface area contributed by atoms with E-state index in [1.807, 2.05) is 42.5 Å². The van der Waals surface area contributed by atoms with Gasteiger partial charge in [-0.1, -0.05) is 23.9 Å². The molecule has 2 aromatic carbocycles. The molecule has 0 saturated carbocycles. The van der Waals surface area contributed by atoms with E-state index in [-0.39, 0.29) is 6.42 Å². The van der Waals surface area contributed by atoms with Crippen molar-refractivity contribution in [2.75, 3.05) is 0 Å². The Kier molecular flexibility index (Phi) is 5.04. The van der Waals surface area contributed by atoms with Gasteiger partial charge in [-0.2, -0.15) is 5.26 Å². The number of halogens is 1. The molecule has 0 radical (unpaired) electrons. The Bertz CT molecular complexity index is 677. The lowest BCUT2D eigenvalue weighted by Crippen LogP contribution is -1.99. The number of nitriles is 1. The Morgan fingerprint density at radius 1 is 1.20 bits per heavy atom. The molecule has 0 aliphatic heterocycles. The molecule has 20 heavy (non-hydrogen) atoms. The summed E-state index contributed by atoms with van der Waals surface area (Å²) in [5, 5.41) is 17.7. The van der Waals surface area contributed by atoms with E-state index in [2.05, 4.69) is 28.7 Å². The van der Waals surface area contributed by atoms with Crippen LogP contribution in [0, 0.1) is 14.9 Å². The van der Waals surface area contributed by atoms with Crippen LogP contribution in [0.25, 0.3) is 0 Å². The van der Waals surface area contributed by atoms with Gasteiger partial charge in [0.15, 0.2) is 0 Å². The standard InChI is InChI=1S/C15H10INO2S/c16-14-6-5-13(8-11(14)9-17)20-12-3-1-10(2-4-12)7-15(18)19/h1-6,8H,7H2,(H,18,19). The van der Waals surface area contributed by atoms with E-state index in [0.717, 1.165) is 18.9 Å². The van der Waals surface area contributed by atoms with E-state index < -0.39 is 5.97 Å². The fraction of sp³-hybridized carbons (Fsp3) is 0.0667. The molecule has 1 N–H and O–H groups in total. The van der Waals surface area contributed by atoms with Gasteiger partial charge >= 0.3 is 5.97 Å². The Morgan fingerprint density at radius 2 is 1.85 bits per heavy atom. The minimum Gasteiger partial charge on any atom is -0.481 e. The van der Waals surface area contributed by atoms with Gasteiger partial charge in [0.2, 0.25) is 0 Å². The van der Waals surface area contributed by atoms with Crippen LogP contribution in [0.5, 0.6) is 0 Å². The molecule has 0 spiro atoms. The first-order valence-electron chi connectivity index (χ1n) is 5.77. The number of rotatable bonds is 4. The quantitative estimate of drug-likeness (QED) is 0.797. The minimum atomic E-state index is -0.832. The number of nitrogens with zero attached hydrogens (tertiary/aromatic N) is 1. The van der Waals surface area contributed by atoms with Gasteiger partial charge in [0.1, 0.15) is 6.07 Å². The molecule has 0 fully saturated rings. The molecule has 5 heteroatoms. The van der Waals surface area contributed by atoms with Crippen LogP contribution >= 0.6 is 34.4 Å². The maximum absolute atomic E-state index is 10.6. The van der Waals surface area contributed by atoms with Gasteiger partial charge in [-0.3, -0.25) is 4.79 Å². The summed E-state index contributed by atoms with van der Waals surface area (Å²) < 4.78 is 0.936. The Balaban J connectivity index is 2.14. The first kappa shape index (κ1) is 14.9. The third-order valence-electron chi connectivity index (χ3n) is 2.57. The lowest BCUT2D eigenvalue weighted by Gasteiger charge is -2.04. The number of benzene rings is 2. The second-order valence-corrected chi connectivity index (χ2v) is 6.38. The molecule has 0 bridgehead atoms. The highest BCUT2D eigenvalue weighted by molar-refractivity contribution is 14.1. The highest BCUT2D eigenvalue weighted by Gasteiger charge is 2.04. The highest BCUT2D eigenvalue weighted by Crippen LogP contribution is 2.29. The highest BCUT2D eigenvalue weighted by atomic mass is 127. The molecule has 3 nitrogen and oxygen atoms in total. The molecule has 0 amide bonds. The van der Waals surface area contributed by atoms with Gasteiger partial charge in [-0.25, -0.2) is 0 Å². The van der Waals surface area contributed by atoms with Crippen molar-refractivity contribution in [2.45, 2.75) is 16.2 Å².